The molecule has 272 valence electrons. The molecule has 0 amide bonds. The first-order valence-corrected chi connectivity index (χ1v) is 19.9. The molecule has 0 aliphatic rings. The van der Waals surface area contributed by atoms with Gasteiger partial charge in [0.15, 0.2) is 6.10 Å². The fourth-order valence-electron chi connectivity index (χ4n) is 5.74. The third kappa shape index (κ3) is 33.8. The number of rotatable bonds is 35. The summed E-state index contributed by atoms with van der Waals surface area (Å²) in [5.41, 5.74) is 0. The molecule has 0 saturated heterocycles. The molecular formula is C40H76O6. The number of unbranched alkanes of at least 4 members (excludes halogenated alkanes) is 22. The lowest BCUT2D eigenvalue weighted by molar-refractivity contribution is -0.167. The molecule has 1 atom stereocenters. The molecule has 0 aromatic carbocycles. The van der Waals surface area contributed by atoms with Crippen LogP contribution in [-0.2, 0) is 28.6 Å². The molecule has 46 heavy (non-hydrogen) atoms. The van der Waals surface area contributed by atoms with Gasteiger partial charge in [-0.15, -0.1) is 0 Å². The molecule has 0 fully saturated rings. The van der Waals surface area contributed by atoms with Gasteiger partial charge in [-0.3, -0.25) is 14.4 Å². The molecule has 6 nitrogen and oxygen atoms in total. The van der Waals surface area contributed by atoms with Crippen LogP contribution in [0.15, 0.2) is 0 Å². The minimum absolute atomic E-state index is 0.0657. The maximum atomic E-state index is 12.5. The smallest absolute Gasteiger partial charge is 0.306 e. The molecule has 0 spiro atoms. The lowest BCUT2D eigenvalue weighted by Gasteiger charge is -2.18. The Morgan fingerprint density at radius 1 is 0.413 bits per heavy atom. The molecule has 0 aliphatic heterocycles. The molecule has 0 unspecified atom stereocenters. The van der Waals surface area contributed by atoms with E-state index in [1.165, 1.54) is 109 Å². The van der Waals surface area contributed by atoms with E-state index >= 15 is 0 Å². The van der Waals surface area contributed by atoms with Gasteiger partial charge in [0.2, 0.25) is 0 Å². The topological polar surface area (TPSA) is 78.9 Å². The Morgan fingerprint density at radius 2 is 0.717 bits per heavy atom. The number of carbonyl (C=O) groups is 3. The Bertz CT molecular complexity index is 691. The largest absolute Gasteiger partial charge is 0.462 e. The van der Waals surface area contributed by atoms with E-state index < -0.39 is 6.10 Å². The van der Waals surface area contributed by atoms with Crippen molar-refractivity contribution in [1.29, 1.82) is 0 Å². The fourth-order valence-corrected chi connectivity index (χ4v) is 5.74. The van der Waals surface area contributed by atoms with Crippen molar-refractivity contribution in [1.82, 2.24) is 0 Å². The van der Waals surface area contributed by atoms with Crippen molar-refractivity contribution >= 4 is 17.9 Å². The average molecular weight is 653 g/mol. The van der Waals surface area contributed by atoms with Crippen molar-refractivity contribution < 1.29 is 28.6 Å². The van der Waals surface area contributed by atoms with Gasteiger partial charge in [0.25, 0.3) is 0 Å². The van der Waals surface area contributed by atoms with Crippen LogP contribution in [0.3, 0.4) is 0 Å². The van der Waals surface area contributed by atoms with Crippen molar-refractivity contribution in [2.75, 3.05) is 13.2 Å². The van der Waals surface area contributed by atoms with E-state index in [1.807, 2.05) is 0 Å². The predicted octanol–water partition coefficient (Wildman–Crippen LogP) is 12.0. The van der Waals surface area contributed by atoms with E-state index in [2.05, 4.69) is 27.7 Å². The average Bonchev–Trinajstić information content (AvgIpc) is 3.03. The number of hydrogen-bond donors (Lipinski definition) is 0. The van der Waals surface area contributed by atoms with E-state index in [1.54, 1.807) is 0 Å². The molecule has 0 aliphatic carbocycles. The number of esters is 3. The van der Waals surface area contributed by atoms with Gasteiger partial charge in [0.05, 0.1) is 0 Å². The first kappa shape index (κ1) is 44.4. The second-order valence-corrected chi connectivity index (χ2v) is 14.0. The molecule has 0 aromatic rings. The monoisotopic (exact) mass is 653 g/mol. The molecule has 6 heteroatoms. The molecule has 0 bridgehead atoms. The Hall–Kier alpha value is -1.59. The third-order valence-electron chi connectivity index (χ3n) is 8.79. The van der Waals surface area contributed by atoms with Crippen molar-refractivity contribution in [2.24, 2.45) is 5.92 Å². The second-order valence-electron chi connectivity index (χ2n) is 14.0. The third-order valence-corrected chi connectivity index (χ3v) is 8.79. The Balaban J connectivity index is 4.30. The van der Waals surface area contributed by atoms with Gasteiger partial charge in [-0.05, 0) is 25.2 Å². The molecule has 0 saturated carbocycles. The SMILES string of the molecule is CCCCCCCCCCCCC(=O)OC[C@@H](COC(=O)CCCCCCCCCCC(C)C)OC(=O)CCCCCCCCC. The lowest BCUT2D eigenvalue weighted by Crippen LogP contribution is -2.30. The van der Waals surface area contributed by atoms with Crippen LogP contribution in [0.4, 0.5) is 0 Å². The number of ether oxygens (including phenoxy) is 3. The summed E-state index contributed by atoms with van der Waals surface area (Å²) in [7, 11) is 0. The maximum absolute atomic E-state index is 12.5. The minimum atomic E-state index is -0.756. The van der Waals surface area contributed by atoms with Crippen LogP contribution in [0.1, 0.15) is 214 Å². The summed E-state index contributed by atoms with van der Waals surface area (Å²) in [6.07, 6.45) is 31.0. The highest BCUT2D eigenvalue weighted by molar-refractivity contribution is 5.71. The normalized spacial score (nSPS) is 11.9. The molecule has 0 heterocycles. The molecule has 0 rings (SSSR count). The Labute approximate surface area is 285 Å². The number of hydrogen-bond acceptors (Lipinski definition) is 6. The standard InChI is InChI=1S/C40H76O6/c1-5-7-9-11-13-14-15-20-23-27-31-38(41)44-34-37(46-40(43)33-29-25-18-12-10-8-6-2)35-45-39(42)32-28-24-21-17-16-19-22-26-30-36(3)4/h36-37H,5-35H2,1-4H3/t37-/m0/s1. The highest BCUT2D eigenvalue weighted by atomic mass is 16.6. The van der Waals surface area contributed by atoms with Crippen LogP contribution >= 0.6 is 0 Å². The zero-order valence-corrected chi connectivity index (χ0v) is 31.0. The predicted molar refractivity (Wildman–Crippen MR) is 192 cm³/mol. The molecule has 0 radical (unpaired) electrons. The zero-order valence-electron chi connectivity index (χ0n) is 31.0. The summed E-state index contributed by atoms with van der Waals surface area (Å²) in [4.78, 5) is 37.3. The van der Waals surface area contributed by atoms with Crippen molar-refractivity contribution in [3.05, 3.63) is 0 Å². The van der Waals surface area contributed by atoms with Gasteiger partial charge in [-0.25, -0.2) is 0 Å². The Morgan fingerprint density at radius 3 is 1.07 bits per heavy atom. The van der Waals surface area contributed by atoms with Gasteiger partial charge >= 0.3 is 17.9 Å². The van der Waals surface area contributed by atoms with Crippen LogP contribution in [0.5, 0.6) is 0 Å². The maximum Gasteiger partial charge on any atom is 0.306 e. The van der Waals surface area contributed by atoms with Crippen molar-refractivity contribution in [3.8, 4) is 0 Å². The van der Waals surface area contributed by atoms with E-state index in [4.69, 9.17) is 14.2 Å². The minimum Gasteiger partial charge on any atom is -0.462 e. The molecule has 0 aromatic heterocycles. The number of carbonyl (C=O) groups excluding carboxylic acids is 3. The van der Waals surface area contributed by atoms with Crippen LogP contribution in [0.25, 0.3) is 0 Å². The van der Waals surface area contributed by atoms with Gasteiger partial charge in [0.1, 0.15) is 13.2 Å². The summed E-state index contributed by atoms with van der Waals surface area (Å²) in [6, 6.07) is 0. The summed E-state index contributed by atoms with van der Waals surface area (Å²) in [6.45, 7) is 8.88. The quantitative estimate of drug-likeness (QED) is 0.0385. The zero-order chi connectivity index (χ0) is 33.9. The summed E-state index contributed by atoms with van der Waals surface area (Å²) in [5.74, 6) is -0.0757. The molecule has 0 N–H and O–H groups in total. The van der Waals surface area contributed by atoms with Crippen LogP contribution in [0.2, 0.25) is 0 Å². The highest BCUT2D eigenvalue weighted by Crippen LogP contribution is 2.15. The van der Waals surface area contributed by atoms with Crippen LogP contribution < -0.4 is 0 Å². The molecular weight excluding hydrogens is 576 g/mol. The van der Waals surface area contributed by atoms with E-state index in [-0.39, 0.29) is 31.1 Å². The second kappa shape index (κ2) is 34.7. The van der Waals surface area contributed by atoms with E-state index in [0.29, 0.717) is 19.3 Å². The lowest BCUT2D eigenvalue weighted by atomic mass is 10.0. The van der Waals surface area contributed by atoms with Crippen LogP contribution in [0, 0.1) is 5.92 Å². The first-order valence-electron chi connectivity index (χ1n) is 19.9. The van der Waals surface area contributed by atoms with Gasteiger partial charge in [0, 0.05) is 19.3 Å². The van der Waals surface area contributed by atoms with E-state index in [9.17, 15) is 14.4 Å². The highest BCUT2D eigenvalue weighted by Gasteiger charge is 2.19. The summed E-state index contributed by atoms with van der Waals surface area (Å²) in [5, 5.41) is 0. The van der Waals surface area contributed by atoms with Gasteiger partial charge < -0.3 is 14.2 Å². The summed E-state index contributed by atoms with van der Waals surface area (Å²) >= 11 is 0. The first-order chi connectivity index (χ1) is 22.4. The van der Waals surface area contributed by atoms with Gasteiger partial charge in [-0.2, -0.15) is 0 Å². The summed E-state index contributed by atoms with van der Waals surface area (Å²) < 4.78 is 16.6. The van der Waals surface area contributed by atoms with Crippen molar-refractivity contribution in [2.45, 2.75) is 220 Å². The van der Waals surface area contributed by atoms with Gasteiger partial charge in [-0.1, -0.05) is 175 Å². The fraction of sp³-hybridized carbons (Fsp3) is 0.925. The van der Waals surface area contributed by atoms with E-state index in [0.717, 1.165) is 63.7 Å². The van der Waals surface area contributed by atoms with Crippen LogP contribution in [-0.4, -0.2) is 37.2 Å². The van der Waals surface area contributed by atoms with Crippen molar-refractivity contribution in [3.63, 3.8) is 0 Å². The Kier molecular flexibility index (Phi) is 33.5.